The summed E-state index contributed by atoms with van der Waals surface area (Å²) >= 11 is 5.87. The van der Waals surface area contributed by atoms with Crippen molar-refractivity contribution in [2.24, 2.45) is 5.73 Å². The number of hydrogen-bond acceptors (Lipinski definition) is 4. The molecule has 1 amide bonds. The highest BCUT2D eigenvalue weighted by Gasteiger charge is 2.14. The summed E-state index contributed by atoms with van der Waals surface area (Å²) in [6.45, 7) is 1.04. The smallest absolute Gasteiger partial charge is 0.255 e. The molecule has 0 heterocycles. The summed E-state index contributed by atoms with van der Waals surface area (Å²) in [4.78, 5) is 11.8. The lowest BCUT2D eigenvalue weighted by molar-refractivity contribution is 0.0950. The van der Waals surface area contributed by atoms with Crippen molar-refractivity contribution >= 4 is 23.2 Å². The molecule has 0 aliphatic rings. The molecule has 0 bridgehead atoms. The molecule has 0 unspecified atom stereocenters. The fourth-order valence-electron chi connectivity index (χ4n) is 1.31. The number of nitrogens with one attached hydrogen (secondary N) is 1. The number of rotatable bonds is 5. The standard InChI is InChI=1S/C11H16ClN3O2/c1-17-10-6-9(14)8(12)5-7(10)11(16)15-4-2-3-13/h5-6H,2-4,13-14H2,1H3,(H,15,16). The van der Waals surface area contributed by atoms with Crippen LogP contribution in [0.3, 0.4) is 0 Å². The Hall–Kier alpha value is -1.46. The Morgan fingerprint density at radius 2 is 2.24 bits per heavy atom. The van der Waals surface area contributed by atoms with Crippen molar-refractivity contribution < 1.29 is 9.53 Å². The molecule has 1 aromatic rings. The quantitative estimate of drug-likeness (QED) is 0.542. The van der Waals surface area contributed by atoms with Gasteiger partial charge in [0.2, 0.25) is 0 Å². The van der Waals surface area contributed by atoms with Gasteiger partial charge in [-0.3, -0.25) is 4.79 Å². The van der Waals surface area contributed by atoms with Gasteiger partial charge in [-0.15, -0.1) is 0 Å². The van der Waals surface area contributed by atoms with E-state index in [1.807, 2.05) is 0 Å². The topological polar surface area (TPSA) is 90.4 Å². The lowest BCUT2D eigenvalue weighted by atomic mass is 10.1. The Morgan fingerprint density at radius 3 is 2.82 bits per heavy atom. The van der Waals surface area contributed by atoms with E-state index in [0.717, 1.165) is 6.42 Å². The molecule has 0 aliphatic heterocycles. The number of nitrogens with two attached hydrogens (primary N) is 2. The van der Waals surface area contributed by atoms with Crippen LogP contribution in [-0.2, 0) is 0 Å². The van der Waals surface area contributed by atoms with Crippen molar-refractivity contribution in [1.29, 1.82) is 0 Å². The summed E-state index contributed by atoms with van der Waals surface area (Å²) in [6, 6.07) is 3.02. The van der Waals surface area contributed by atoms with Crippen LogP contribution in [-0.4, -0.2) is 26.1 Å². The van der Waals surface area contributed by atoms with Gasteiger partial charge < -0.3 is 21.5 Å². The summed E-state index contributed by atoms with van der Waals surface area (Å²) in [5.74, 6) is 0.148. The molecule has 5 nitrogen and oxygen atoms in total. The summed E-state index contributed by atoms with van der Waals surface area (Å²) < 4.78 is 5.08. The molecule has 1 rings (SSSR count). The van der Waals surface area contributed by atoms with Gasteiger partial charge in [-0.05, 0) is 19.0 Å². The number of ether oxygens (including phenoxy) is 1. The molecule has 0 fully saturated rings. The molecule has 1 aromatic carbocycles. The van der Waals surface area contributed by atoms with Gasteiger partial charge in [0, 0.05) is 12.6 Å². The van der Waals surface area contributed by atoms with Crippen LogP contribution in [0.5, 0.6) is 5.75 Å². The van der Waals surface area contributed by atoms with Gasteiger partial charge in [-0.25, -0.2) is 0 Å². The average Bonchev–Trinajstić information content (AvgIpc) is 2.32. The minimum atomic E-state index is -0.253. The maximum Gasteiger partial charge on any atom is 0.255 e. The summed E-state index contributed by atoms with van der Waals surface area (Å²) in [6.07, 6.45) is 0.719. The van der Waals surface area contributed by atoms with E-state index in [4.69, 9.17) is 27.8 Å². The van der Waals surface area contributed by atoms with Crippen molar-refractivity contribution in [3.05, 3.63) is 22.7 Å². The highest BCUT2D eigenvalue weighted by molar-refractivity contribution is 6.33. The number of anilines is 1. The molecule has 5 N–H and O–H groups in total. The second-order valence-corrected chi connectivity index (χ2v) is 3.88. The average molecular weight is 258 g/mol. The second kappa shape index (κ2) is 6.32. The Morgan fingerprint density at radius 1 is 1.53 bits per heavy atom. The Kier molecular flexibility index (Phi) is 5.06. The van der Waals surface area contributed by atoms with Crippen molar-refractivity contribution in [2.45, 2.75) is 6.42 Å². The van der Waals surface area contributed by atoms with Crippen LogP contribution >= 0.6 is 11.6 Å². The number of hydrogen-bond donors (Lipinski definition) is 3. The first-order valence-corrected chi connectivity index (χ1v) is 5.59. The molecule has 0 spiro atoms. The normalized spacial score (nSPS) is 10.1. The van der Waals surface area contributed by atoms with Crippen molar-refractivity contribution in [3.63, 3.8) is 0 Å². The van der Waals surface area contributed by atoms with E-state index in [1.54, 1.807) is 0 Å². The monoisotopic (exact) mass is 257 g/mol. The van der Waals surface area contributed by atoms with Crippen LogP contribution in [0.15, 0.2) is 12.1 Å². The van der Waals surface area contributed by atoms with E-state index in [0.29, 0.717) is 35.1 Å². The van der Waals surface area contributed by atoms with Crippen LogP contribution in [0.2, 0.25) is 5.02 Å². The number of amides is 1. The molecular weight excluding hydrogens is 242 g/mol. The Bertz CT molecular complexity index is 410. The summed E-state index contributed by atoms with van der Waals surface area (Å²) in [5.41, 5.74) is 11.7. The van der Waals surface area contributed by atoms with Gasteiger partial charge >= 0.3 is 0 Å². The minimum Gasteiger partial charge on any atom is -0.496 e. The third kappa shape index (κ3) is 3.51. The maximum absolute atomic E-state index is 11.8. The molecule has 0 atom stereocenters. The minimum absolute atomic E-state index is 0.253. The fraction of sp³-hybridized carbons (Fsp3) is 0.364. The van der Waals surface area contributed by atoms with Crippen LogP contribution in [0, 0.1) is 0 Å². The lowest BCUT2D eigenvalue weighted by Gasteiger charge is -2.10. The predicted octanol–water partition coefficient (Wildman–Crippen LogP) is 1.01. The van der Waals surface area contributed by atoms with E-state index in [2.05, 4.69) is 5.32 Å². The molecule has 0 aromatic heterocycles. The van der Waals surface area contributed by atoms with Gasteiger partial charge in [0.15, 0.2) is 0 Å². The van der Waals surface area contributed by atoms with Gasteiger partial charge in [0.25, 0.3) is 5.91 Å². The molecule has 6 heteroatoms. The SMILES string of the molecule is COc1cc(N)c(Cl)cc1C(=O)NCCCN. The largest absolute Gasteiger partial charge is 0.496 e. The molecule has 0 saturated heterocycles. The van der Waals surface area contributed by atoms with Crippen molar-refractivity contribution in [1.82, 2.24) is 5.32 Å². The van der Waals surface area contributed by atoms with E-state index in [-0.39, 0.29) is 5.91 Å². The highest BCUT2D eigenvalue weighted by atomic mass is 35.5. The third-order valence-electron chi connectivity index (χ3n) is 2.23. The van der Waals surface area contributed by atoms with E-state index in [1.165, 1.54) is 19.2 Å². The maximum atomic E-state index is 11.8. The molecule has 0 radical (unpaired) electrons. The first-order chi connectivity index (χ1) is 8.10. The molecule has 0 aliphatic carbocycles. The van der Waals surface area contributed by atoms with Crippen molar-refractivity contribution in [3.8, 4) is 5.75 Å². The van der Waals surface area contributed by atoms with Crippen LogP contribution in [0.25, 0.3) is 0 Å². The first-order valence-electron chi connectivity index (χ1n) is 5.21. The number of halogens is 1. The van der Waals surface area contributed by atoms with Gasteiger partial charge in [0.05, 0.1) is 23.4 Å². The Labute approximate surface area is 105 Å². The summed E-state index contributed by atoms with van der Waals surface area (Å²) in [5, 5.41) is 3.05. The van der Waals surface area contributed by atoms with Crippen LogP contribution in [0.1, 0.15) is 16.8 Å². The van der Waals surface area contributed by atoms with E-state index in [9.17, 15) is 4.79 Å². The van der Waals surface area contributed by atoms with E-state index < -0.39 is 0 Å². The third-order valence-corrected chi connectivity index (χ3v) is 2.56. The molecule has 17 heavy (non-hydrogen) atoms. The highest BCUT2D eigenvalue weighted by Crippen LogP contribution is 2.28. The van der Waals surface area contributed by atoms with Crippen LogP contribution < -0.4 is 21.5 Å². The lowest BCUT2D eigenvalue weighted by Crippen LogP contribution is -2.26. The molecular formula is C11H16ClN3O2. The van der Waals surface area contributed by atoms with Gasteiger partial charge in [-0.2, -0.15) is 0 Å². The number of benzene rings is 1. The predicted molar refractivity (Wildman–Crippen MR) is 68.4 cm³/mol. The Balaban J connectivity index is 2.88. The van der Waals surface area contributed by atoms with Gasteiger partial charge in [-0.1, -0.05) is 11.6 Å². The number of methoxy groups -OCH3 is 1. The second-order valence-electron chi connectivity index (χ2n) is 3.47. The van der Waals surface area contributed by atoms with Crippen molar-refractivity contribution in [2.75, 3.05) is 25.9 Å². The zero-order valence-electron chi connectivity index (χ0n) is 9.63. The van der Waals surface area contributed by atoms with E-state index >= 15 is 0 Å². The number of nitrogen functional groups attached to an aromatic ring is 1. The number of carbonyl (C=O) groups is 1. The summed E-state index contributed by atoms with van der Waals surface area (Å²) in [7, 11) is 1.47. The van der Waals surface area contributed by atoms with Crippen LogP contribution in [0.4, 0.5) is 5.69 Å². The molecule has 0 saturated carbocycles. The van der Waals surface area contributed by atoms with Gasteiger partial charge in [0.1, 0.15) is 5.75 Å². The molecule has 94 valence electrons. The fourth-order valence-corrected chi connectivity index (χ4v) is 1.48. The zero-order valence-corrected chi connectivity index (χ0v) is 10.4. The number of carbonyl (C=O) groups excluding carboxylic acids is 1. The first kappa shape index (κ1) is 13.6. The zero-order chi connectivity index (χ0) is 12.8.